The second kappa shape index (κ2) is 11.8. The summed E-state index contributed by atoms with van der Waals surface area (Å²) in [4.78, 5) is 24.0. The van der Waals surface area contributed by atoms with Crippen molar-refractivity contribution in [2.75, 3.05) is 27.4 Å². The Hall–Kier alpha value is -3.07. The van der Waals surface area contributed by atoms with Gasteiger partial charge < -0.3 is 19.5 Å². The normalized spacial score (nSPS) is 10.5. The van der Waals surface area contributed by atoms with Gasteiger partial charge in [0.1, 0.15) is 5.75 Å². The molecule has 0 aliphatic heterocycles. The van der Waals surface area contributed by atoms with Crippen LogP contribution in [0.3, 0.4) is 0 Å². The van der Waals surface area contributed by atoms with E-state index in [0.717, 1.165) is 10.0 Å². The predicted octanol–water partition coefficient (Wildman–Crippen LogP) is 3.14. The van der Waals surface area contributed by atoms with Crippen LogP contribution < -0.4 is 25.0 Å². The van der Waals surface area contributed by atoms with Crippen LogP contribution in [0.15, 0.2) is 46.0 Å². The van der Waals surface area contributed by atoms with Crippen LogP contribution in [0.2, 0.25) is 0 Å². The molecular formula is C21H24BrN3O5. The van der Waals surface area contributed by atoms with Gasteiger partial charge in [0.15, 0.2) is 11.5 Å². The lowest BCUT2D eigenvalue weighted by Crippen LogP contribution is -2.29. The molecule has 0 fully saturated rings. The Morgan fingerprint density at radius 1 is 1.13 bits per heavy atom. The number of benzene rings is 2. The Bertz CT molecular complexity index is 900. The monoisotopic (exact) mass is 477 g/mol. The maximum atomic E-state index is 12.1. The van der Waals surface area contributed by atoms with Crippen molar-refractivity contribution in [1.29, 1.82) is 0 Å². The van der Waals surface area contributed by atoms with Crippen LogP contribution >= 0.6 is 15.9 Å². The summed E-state index contributed by atoms with van der Waals surface area (Å²) in [6.45, 7) is 2.58. The first-order valence-corrected chi connectivity index (χ1v) is 10.0. The van der Waals surface area contributed by atoms with Crippen molar-refractivity contribution in [3.63, 3.8) is 0 Å². The number of methoxy groups -OCH3 is 2. The van der Waals surface area contributed by atoms with E-state index in [1.54, 1.807) is 50.6 Å². The van der Waals surface area contributed by atoms with Crippen LogP contribution in [0, 0.1) is 0 Å². The highest BCUT2D eigenvalue weighted by Gasteiger charge is 2.11. The zero-order valence-electron chi connectivity index (χ0n) is 17.0. The summed E-state index contributed by atoms with van der Waals surface area (Å²) < 4.78 is 16.6. The van der Waals surface area contributed by atoms with Gasteiger partial charge >= 0.3 is 0 Å². The molecule has 8 nitrogen and oxygen atoms in total. The minimum absolute atomic E-state index is 0.0928. The predicted molar refractivity (Wildman–Crippen MR) is 118 cm³/mol. The summed E-state index contributed by atoms with van der Waals surface area (Å²) in [6, 6.07) is 10.3. The van der Waals surface area contributed by atoms with Gasteiger partial charge in [0.25, 0.3) is 5.91 Å². The summed E-state index contributed by atoms with van der Waals surface area (Å²) >= 11 is 3.43. The fourth-order valence-electron chi connectivity index (χ4n) is 2.47. The SMILES string of the molecule is CCOc1c(Br)cc(C=NNC(=O)CCNC(=O)c2ccc(OC)cc2)cc1OC. The molecule has 0 saturated heterocycles. The molecule has 160 valence electrons. The van der Waals surface area contributed by atoms with Crippen LogP contribution in [0.1, 0.15) is 29.3 Å². The first-order chi connectivity index (χ1) is 14.5. The minimum Gasteiger partial charge on any atom is -0.497 e. The van der Waals surface area contributed by atoms with Crippen molar-refractivity contribution in [3.05, 3.63) is 52.0 Å². The van der Waals surface area contributed by atoms with Crippen LogP contribution in [0.25, 0.3) is 0 Å². The number of ether oxygens (including phenoxy) is 3. The van der Waals surface area contributed by atoms with Gasteiger partial charge in [-0.15, -0.1) is 0 Å². The number of carbonyl (C=O) groups excluding carboxylic acids is 2. The van der Waals surface area contributed by atoms with Crippen molar-refractivity contribution in [1.82, 2.24) is 10.7 Å². The number of nitrogens with zero attached hydrogens (tertiary/aromatic N) is 1. The molecule has 2 aromatic carbocycles. The van der Waals surface area contributed by atoms with E-state index in [0.29, 0.717) is 29.4 Å². The maximum absolute atomic E-state index is 12.1. The van der Waals surface area contributed by atoms with Gasteiger partial charge in [-0.3, -0.25) is 9.59 Å². The van der Waals surface area contributed by atoms with Gasteiger partial charge in [-0.05, 0) is 64.8 Å². The molecule has 0 aliphatic carbocycles. The third-order valence-electron chi connectivity index (χ3n) is 3.93. The average Bonchev–Trinajstić information content (AvgIpc) is 2.75. The Balaban J connectivity index is 1.82. The summed E-state index contributed by atoms with van der Waals surface area (Å²) in [5, 5.41) is 6.63. The first-order valence-electron chi connectivity index (χ1n) is 9.23. The zero-order valence-corrected chi connectivity index (χ0v) is 18.6. The lowest BCUT2D eigenvalue weighted by molar-refractivity contribution is -0.120. The Morgan fingerprint density at radius 2 is 1.87 bits per heavy atom. The zero-order chi connectivity index (χ0) is 21.9. The van der Waals surface area contributed by atoms with Gasteiger partial charge in [0.05, 0.1) is 31.5 Å². The second-order valence-electron chi connectivity index (χ2n) is 5.99. The van der Waals surface area contributed by atoms with E-state index in [4.69, 9.17) is 14.2 Å². The quantitative estimate of drug-likeness (QED) is 0.404. The molecule has 2 aromatic rings. The Labute approximate surface area is 183 Å². The average molecular weight is 478 g/mol. The van der Waals surface area contributed by atoms with E-state index in [9.17, 15) is 9.59 Å². The number of hydrogen-bond donors (Lipinski definition) is 2. The van der Waals surface area contributed by atoms with Crippen LogP contribution in [-0.4, -0.2) is 45.4 Å². The topological polar surface area (TPSA) is 98.2 Å². The van der Waals surface area contributed by atoms with Gasteiger partial charge in [0.2, 0.25) is 5.91 Å². The number of carbonyl (C=O) groups is 2. The van der Waals surface area contributed by atoms with Gasteiger partial charge in [0, 0.05) is 18.5 Å². The maximum Gasteiger partial charge on any atom is 0.251 e. The first kappa shape index (κ1) is 23.2. The second-order valence-corrected chi connectivity index (χ2v) is 6.85. The van der Waals surface area contributed by atoms with Gasteiger partial charge in [-0.2, -0.15) is 5.10 Å². The van der Waals surface area contributed by atoms with E-state index < -0.39 is 0 Å². The standard InChI is InChI=1S/C21H24BrN3O5/c1-4-30-20-17(22)11-14(12-18(20)29-3)13-24-25-19(26)9-10-23-21(27)15-5-7-16(28-2)8-6-15/h5-8,11-13H,4,9-10H2,1-3H3,(H,23,27)(H,25,26). The Kier molecular flexibility index (Phi) is 9.14. The van der Waals surface area contributed by atoms with Crippen molar-refractivity contribution >= 4 is 34.0 Å². The third-order valence-corrected chi connectivity index (χ3v) is 4.52. The fourth-order valence-corrected chi connectivity index (χ4v) is 3.04. The molecule has 9 heteroatoms. The number of hydrazone groups is 1. The highest BCUT2D eigenvalue weighted by Crippen LogP contribution is 2.36. The van der Waals surface area contributed by atoms with E-state index >= 15 is 0 Å². The van der Waals surface area contributed by atoms with Gasteiger partial charge in [-0.1, -0.05) is 0 Å². The molecule has 2 N–H and O–H groups in total. The molecule has 0 heterocycles. The molecule has 30 heavy (non-hydrogen) atoms. The number of hydrogen-bond acceptors (Lipinski definition) is 6. The number of nitrogens with one attached hydrogen (secondary N) is 2. The summed E-state index contributed by atoms with van der Waals surface area (Å²) in [6.07, 6.45) is 1.59. The van der Waals surface area contributed by atoms with Gasteiger partial charge in [-0.25, -0.2) is 5.43 Å². The van der Waals surface area contributed by atoms with E-state index in [1.165, 1.54) is 6.21 Å². The molecule has 0 unspecified atom stereocenters. The lowest BCUT2D eigenvalue weighted by Gasteiger charge is -2.11. The van der Waals surface area contributed by atoms with Crippen molar-refractivity contribution in [2.45, 2.75) is 13.3 Å². The molecule has 2 amide bonds. The summed E-state index contributed by atoms with van der Waals surface area (Å²) in [5.41, 5.74) is 3.64. The smallest absolute Gasteiger partial charge is 0.251 e. The molecule has 0 aliphatic rings. The third kappa shape index (κ3) is 6.77. The molecule has 2 rings (SSSR count). The van der Waals surface area contributed by atoms with E-state index in [2.05, 4.69) is 31.8 Å². The molecule has 0 bridgehead atoms. The Morgan fingerprint density at radius 3 is 2.50 bits per heavy atom. The molecular weight excluding hydrogens is 454 g/mol. The molecule has 0 atom stereocenters. The number of rotatable bonds is 10. The highest BCUT2D eigenvalue weighted by molar-refractivity contribution is 9.10. The van der Waals surface area contributed by atoms with Crippen LogP contribution in [0.5, 0.6) is 17.2 Å². The molecule has 0 aromatic heterocycles. The van der Waals surface area contributed by atoms with Crippen LogP contribution in [-0.2, 0) is 4.79 Å². The molecule has 0 spiro atoms. The largest absolute Gasteiger partial charge is 0.497 e. The number of amides is 2. The fraction of sp³-hybridized carbons (Fsp3) is 0.286. The highest BCUT2D eigenvalue weighted by atomic mass is 79.9. The van der Waals surface area contributed by atoms with E-state index in [1.807, 2.05) is 6.92 Å². The minimum atomic E-state index is -0.321. The van der Waals surface area contributed by atoms with Crippen LogP contribution in [0.4, 0.5) is 0 Å². The van der Waals surface area contributed by atoms with E-state index in [-0.39, 0.29) is 24.8 Å². The summed E-state index contributed by atoms with van der Waals surface area (Å²) in [7, 11) is 3.11. The lowest BCUT2D eigenvalue weighted by atomic mass is 10.2. The van der Waals surface area contributed by atoms with Crippen molar-refractivity contribution < 1.29 is 23.8 Å². The summed E-state index contributed by atoms with van der Waals surface area (Å²) in [5.74, 6) is 1.24. The number of halogens is 1. The molecule has 0 radical (unpaired) electrons. The molecule has 0 saturated carbocycles. The van der Waals surface area contributed by atoms with Crippen molar-refractivity contribution in [2.24, 2.45) is 5.10 Å². The van der Waals surface area contributed by atoms with Crippen molar-refractivity contribution in [3.8, 4) is 17.2 Å².